The zero-order valence-corrected chi connectivity index (χ0v) is 10.6. The van der Waals surface area contributed by atoms with Crippen molar-refractivity contribution in [3.05, 3.63) is 29.8 Å². The van der Waals surface area contributed by atoms with E-state index < -0.39 is 0 Å². The molecular weight excluding hydrogens is 216 g/mol. The summed E-state index contributed by atoms with van der Waals surface area (Å²) in [6.07, 6.45) is 0. The van der Waals surface area contributed by atoms with Gasteiger partial charge >= 0.3 is 0 Å². The number of carbonyl (C=O) groups excluding carboxylic acids is 1. The van der Waals surface area contributed by atoms with E-state index in [1.807, 2.05) is 13.8 Å². The largest absolute Gasteiger partial charge is 0.497 e. The second kappa shape index (κ2) is 6.25. The lowest BCUT2D eigenvalue weighted by molar-refractivity contribution is 0.0712. The Labute approximate surface area is 102 Å². The van der Waals surface area contributed by atoms with Crippen LogP contribution >= 0.6 is 0 Å². The highest BCUT2D eigenvalue weighted by Gasteiger charge is 2.17. The van der Waals surface area contributed by atoms with Gasteiger partial charge in [0, 0.05) is 24.7 Å². The molecule has 0 aliphatic carbocycles. The summed E-state index contributed by atoms with van der Waals surface area (Å²) in [5, 5.41) is 0. The van der Waals surface area contributed by atoms with Crippen LogP contribution in [0.4, 0.5) is 0 Å². The molecule has 2 N–H and O–H groups in total. The van der Waals surface area contributed by atoms with Gasteiger partial charge in [0.15, 0.2) is 0 Å². The molecule has 0 aromatic heterocycles. The fourth-order valence-corrected chi connectivity index (χ4v) is 1.63. The minimum absolute atomic E-state index is 0.00750. The number of hydrogen-bond acceptors (Lipinski definition) is 3. The Hall–Kier alpha value is -1.55. The molecule has 4 nitrogen and oxygen atoms in total. The Bertz CT molecular complexity index is 360. The van der Waals surface area contributed by atoms with Gasteiger partial charge < -0.3 is 15.4 Å². The van der Waals surface area contributed by atoms with Crippen LogP contribution in [-0.4, -0.2) is 37.0 Å². The van der Waals surface area contributed by atoms with Crippen LogP contribution < -0.4 is 10.5 Å². The van der Waals surface area contributed by atoms with Gasteiger partial charge in [-0.2, -0.15) is 0 Å². The van der Waals surface area contributed by atoms with E-state index in [-0.39, 0.29) is 11.9 Å². The molecule has 17 heavy (non-hydrogen) atoms. The number of rotatable bonds is 5. The molecule has 1 amide bonds. The minimum Gasteiger partial charge on any atom is -0.497 e. The maximum atomic E-state index is 12.2. The van der Waals surface area contributed by atoms with Gasteiger partial charge in [-0.15, -0.1) is 0 Å². The molecular formula is C13H20N2O2. The summed E-state index contributed by atoms with van der Waals surface area (Å²) in [6, 6.07) is 7.26. The third-order valence-corrected chi connectivity index (χ3v) is 2.59. The Morgan fingerprint density at radius 2 is 1.94 bits per heavy atom. The van der Waals surface area contributed by atoms with Crippen LogP contribution in [0.5, 0.6) is 5.75 Å². The molecule has 4 heteroatoms. The van der Waals surface area contributed by atoms with Crippen LogP contribution in [0.25, 0.3) is 0 Å². The number of amides is 1. The van der Waals surface area contributed by atoms with E-state index in [4.69, 9.17) is 10.5 Å². The Morgan fingerprint density at radius 3 is 2.35 bits per heavy atom. The molecule has 94 valence electrons. The number of benzene rings is 1. The lowest BCUT2D eigenvalue weighted by atomic mass is 10.1. The van der Waals surface area contributed by atoms with Crippen molar-refractivity contribution in [2.24, 2.45) is 5.73 Å². The molecule has 0 unspecified atom stereocenters. The van der Waals surface area contributed by atoms with E-state index in [0.29, 0.717) is 18.7 Å². The van der Waals surface area contributed by atoms with Gasteiger partial charge in [-0.3, -0.25) is 4.79 Å². The summed E-state index contributed by atoms with van der Waals surface area (Å²) < 4.78 is 5.06. The molecule has 0 saturated heterocycles. The summed E-state index contributed by atoms with van der Waals surface area (Å²) in [6.45, 7) is 5.01. The maximum Gasteiger partial charge on any atom is 0.254 e. The highest BCUT2D eigenvalue weighted by molar-refractivity contribution is 5.94. The van der Waals surface area contributed by atoms with Crippen molar-refractivity contribution in [3.63, 3.8) is 0 Å². The average molecular weight is 236 g/mol. The number of nitrogens with two attached hydrogens (primary N) is 1. The zero-order valence-electron chi connectivity index (χ0n) is 10.6. The smallest absolute Gasteiger partial charge is 0.254 e. The van der Waals surface area contributed by atoms with Crippen molar-refractivity contribution in [1.82, 2.24) is 4.90 Å². The van der Waals surface area contributed by atoms with Crippen molar-refractivity contribution in [2.75, 3.05) is 20.2 Å². The quantitative estimate of drug-likeness (QED) is 0.843. The first kappa shape index (κ1) is 13.5. The predicted molar refractivity (Wildman–Crippen MR) is 68.2 cm³/mol. The lowest BCUT2D eigenvalue weighted by Gasteiger charge is -2.26. The van der Waals surface area contributed by atoms with Gasteiger partial charge in [0.1, 0.15) is 5.75 Å². The number of methoxy groups -OCH3 is 1. The van der Waals surface area contributed by atoms with E-state index in [1.165, 1.54) is 0 Å². The third-order valence-electron chi connectivity index (χ3n) is 2.59. The molecule has 0 fully saturated rings. The Kier molecular flexibility index (Phi) is 4.97. The molecule has 0 bridgehead atoms. The fourth-order valence-electron chi connectivity index (χ4n) is 1.63. The van der Waals surface area contributed by atoms with E-state index in [1.54, 1.807) is 36.3 Å². The molecule has 0 aliphatic rings. The van der Waals surface area contributed by atoms with Crippen molar-refractivity contribution in [1.29, 1.82) is 0 Å². The van der Waals surface area contributed by atoms with Gasteiger partial charge in [-0.25, -0.2) is 0 Å². The minimum atomic E-state index is 0.00750. The van der Waals surface area contributed by atoms with Gasteiger partial charge in [-0.1, -0.05) is 0 Å². The monoisotopic (exact) mass is 236 g/mol. The SMILES string of the molecule is COc1ccc(C(=O)N(CCN)C(C)C)cc1. The van der Waals surface area contributed by atoms with Crippen LogP contribution in [-0.2, 0) is 0 Å². The summed E-state index contributed by atoms with van der Waals surface area (Å²) in [7, 11) is 1.60. The highest BCUT2D eigenvalue weighted by Crippen LogP contribution is 2.14. The standard InChI is InChI=1S/C13H20N2O2/c1-10(2)15(9-8-14)13(16)11-4-6-12(17-3)7-5-11/h4-7,10H,8-9,14H2,1-3H3. The van der Waals surface area contributed by atoms with Crippen LogP contribution in [0.3, 0.4) is 0 Å². The molecule has 1 aromatic rings. The molecule has 0 aliphatic heterocycles. The highest BCUT2D eigenvalue weighted by atomic mass is 16.5. The summed E-state index contributed by atoms with van der Waals surface area (Å²) >= 11 is 0. The van der Waals surface area contributed by atoms with E-state index in [2.05, 4.69) is 0 Å². The lowest BCUT2D eigenvalue weighted by Crippen LogP contribution is -2.40. The third kappa shape index (κ3) is 3.46. The summed E-state index contributed by atoms with van der Waals surface area (Å²) in [5.41, 5.74) is 6.17. The van der Waals surface area contributed by atoms with E-state index >= 15 is 0 Å². The van der Waals surface area contributed by atoms with Crippen LogP contribution in [0.1, 0.15) is 24.2 Å². The maximum absolute atomic E-state index is 12.2. The number of hydrogen-bond donors (Lipinski definition) is 1. The van der Waals surface area contributed by atoms with Crippen molar-refractivity contribution in [2.45, 2.75) is 19.9 Å². The van der Waals surface area contributed by atoms with E-state index in [0.717, 1.165) is 5.75 Å². The fraction of sp³-hybridized carbons (Fsp3) is 0.462. The van der Waals surface area contributed by atoms with Crippen molar-refractivity contribution < 1.29 is 9.53 Å². The van der Waals surface area contributed by atoms with Gasteiger partial charge in [0.25, 0.3) is 5.91 Å². The van der Waals surface area contributed by atoms with E-state index in [9.17, 15) is 4.79 Å². The Balaban J connectivity index is 2.85. The topological polar surface area (TPSA) is 55.6 Å². The van der Waals surface area contributed by atoms with Crippen molar-refractivity contribution in [3.8, 4) is 5.75 Å². The first-order valence-corrected chi connectivity index (χ1v) is 5.75. The molecule has 0 radical (unpaired) electrons. The van der Waals surface area contributed by atoms with Crippen LogP contribution in [0.2, 0.25) is 0 Å². The van der Waals surface area contributed by atoms with Crippen molar-refractivity contribution >= 4 is 5.91 Å². The summed E-state index contributed by atoms with van der Waals surface area (Å²) in [5.74, 6) is 0.754. The molecule has 0 saturated carbocycles. The molecule has 1 rings (SSSR count). The predicted octanol–water partition coefficient (Wildman–Crippen LogP) is 1.50. The molecule has 1 aromatic carbocycles. The second-order valence-corrected chi connectivity index (χ2v) is 4.11. The first-order chi connectivity index (χ1) is 8.10. The first-order valence-electron chi connectivity index (χ1n) is 5.75. The molecule has 0 atom stereocenters. The van der Waals surface area contributed by atoms with Crippen LogP contribution in [0, 0.1) is 0 Å². The number of ether oxygens (including phenoxy) is 1. The van der Waals surface area contributed by atoms with Gasteiger partial charge in [-0.05, 0) is 38.1 Å². The molecule has 0 heterocycles. The average Bonchev–Trinajstić information content (AvgIpc) is 2.35. The zero-order chi connectivity index (χ0) is 12.8. The summed E-state index contributed by atoms with van der Waals surface area (Å²) in [4.78, 5) is 14.0. The number of nitrogens with zero attached hydrogens (tertiary/aromatic N) is 1. The van der Waals surface area contributed by atoms with Gasteiger partial charge in [0.05, 0.1) is 7.11 Å². The Morgan fingerprint density at radius 1 is 1.35 bits per heavy atom. The molecule has 0 spiro atoms. The van der Waals surface area contributed by atoms with Gasteiger partial charge in [0.2, 0.25) is 0 Å². The second-order valence-electron chi connectivity index (χ2n) is 4.11. The normalized spacial score (nSPS) is 10.4. The van der Waals surface area contributed by atoms with Crippen LogP contribution in [0.15, 0.2) is 24.3 Å². The number of carbonyl (C=O) groups is 1.